The number of aliphatic hydroxyl groups is 1. The smallest absolute Gasteiger partial charge is 0.221 e. The molecule has 0 atom stereocenters. The molecule has 2 rings (SSSR count). The van der Waals surface area contributed by atoms with Crippen LogP contribution < -0.4 is 10.1 Å². The second-order valence-corrected chi connectivity index (χ2v) is 6.93. The number of nitrogens with one attached hydrogen (secondary N) is 1. The molecule has 2 aromatic rings. The van der Waals surface area contributed by atoms with Gasteiger partial charge in [0.15, 0.2) is 9.84 Å². The molecule has 122 valence electrons. The van der Waals surface area contributed by atoms with E-state index in [1.807, 2.05) is 0 Å². The van der Waals surface area contributed by atoms with E-state index in [-0.39, 0.29) is 16.6 Å². The van der Waals surface area contributed by atoms with E-state index in [0.29, 0.717) is 17.2 Å². The monoisotopic (exact) mass is 335 g/mol. The Labute approximate surface area is 134 Å². The van der Waals surface area contributed by atoms with Crippen molar-refractivity contribution in [1.82, 2.24) is 0 Å². The summed E-state index contributed by atoms with van der Waals surface area (Å²) in [4.78, 5) is 11.1. The third kappa shape index (κ3) is 4.80. The molecule has 0 unspecified atom stereocenters. The van der Waals surface area contributed by atoms with Gasteiger partial charge in [0.2, 0.25) is 5.91 Å². The van der Waals surface area contributed by atoms with Crippen LogP contribution in [0.1, 0.15) is 6.92 Å². The predicted molar refractivity (Wildman–Crippen MR) is 86.4 cm³/mol. The number of aliphatic hydroxyl groups excluding tert-OH is 1. The van der Waals surface area contributed by atoms with Gasteiger partial charge in [-0.15, -0.1) is 0 Å². The zero-order valence-corrected chi connectivity index (χ0v) is 13.3. The SMILES string of the molecule is CC(=O)Nc1ccc(Oc2ccc(S(=O)(=O)CCO)cc2)cc1. The average Bonchev–Trinajstić information content (AvgIpc) is 2.49. The summed E-state index contributed by atoms with van der Waals surface area (Å²) >= 11 is 0. The Morgan fingerprint density at radius 2 is 1.57 bits per heavy atom. The number of benzene rings is 2. The first-order chi connectivity index (χ1) is 10.9. The summed E-state index contributed by atoms with van der Waals surface area (Å²) in [5, 5.41) is 11.4. The molecule has 0 aliphatic rings. The molecule has 0 aliphatic heterocycles. The van der Waals surface area contributed by atoms with Crippen molar-refractivity contribution in [3.05, 3.63) is 48.5 Å². The van der Waals surface area contributed by atoms with Crippen LogP contribution in [0.25, 0.3) is 0 Å². The molecule has 0 radical (unpaired) electrons. The van der Waals surface area contributed by atoms with Crippen molar-refractivity contribution in [2.24, 2.45) is 0 Å². The number of amides is 1. The number of hydrogen-bond donors (Lipinski definition) is 2. The largest absolute Gasteiger partial charge is 0.457 e. The first kappa shape index (κ1) is 17.0. The molecule has 1 amide bonds. The first-order valence-electron chi connectivity index (χ1n) is 6.90. The maximum atomic E-state index is 11.8. The predicted octanol–water partition coefficient (Wildman–Crippen LogP) is 2.20. The molecule has 2 aromatic carbocycles. The summed E-state index contributed by atoms with van der Waals surface area (Å²) < 4.78 is 29.2. The number of rotatable bonds is 6. The number of anilines is 1. The molecule has 0 fully saturated rings. The normalized spacial score (nSPS) is 11.0. The van der Waals surface area contributed by atoms with E-state index >= 15 is 0 Å². The molecule has 7 heteroatoms. The summed E-state index contributed by atoms with van der Waals surface area (Å²) in [6.45, 7) is 1.01. The minimum atomic E-state index is -3.46. The van der Waals surface area contributed by atoms with Gasteiger partial charge in [-0.25, -0.2) is 8.42 Å². The van der Waals surface area contributed by atoms with Gasteiger partial charge in [-0.3, -0.25) is 4.79 Å². The minimum Gasteiger partial charge on any atom is -0.457 e. The van der Waals surface area contributed by atoms with Crippen LogP contribution >= 0.6 is 0 Å². The molecule has 2 N–H and O–H groups in total. The second kappa shape index (κ2) is 7.26. The van der Waals surface area contributed by atoms with Gasteiger partial charge in [-0.1, -0.05) is 0 Å². The fourth-order valence-electron chi connectivity index (χ4n) is 1.90. The van der Waals surface area contributed by atoms with Crippen LogP contribution in [-0.2, 0) is 14.6 Å². The summed E-state index contributed by atoms with van der Waals surface area (Å²) in [5.41, 5.74) is 0.662. The Morgan fingerprint density at radius 1 is 1.04 bits per heavy atom. The van der Waals surface area contributed by atoms with Gasteiger partial charge >= 0.3 is 0 Å². The lowest BCUT2D eigenvalue weighted by atomic mass is 10.3. The highest BCUT2D eigenvalue weighted by Crippen LogP contribution is 2.24. The van der Waals surface area contributed by atoms with Gasteiger partial charge in [0.1, 0.15) is 11.5 Å². The van der Waals surface area contributed by atoms with Crippen LogP contribution in [0.5, 0.6) is 11.5 Å². The number of hydrogen-bond acceptors (Lipinski definition) is 5. The minimum absolute atomic E-state index is 0.139. The molecule has 0 heterocycles. The highest BCUT2D eigenvalue weighted by molar-refractivity contribution is 7.91. The molecule has 0 spiro atoms. The number of carbonyl (C=O) groups is 1. The van der Waals surface area contributed by atoms with Gasteiger partial charge in [0.05, 0.1) is 17.3 Å². The van der Waals surface area contributed by atoms with E-state index in [1.165, 1.54) is 19.1 Å². The molecule has 0 bridgehead atoms. The third-order valence-electron chi connectivity index (χ3n) is 2.95. The van der Waals surface area contributed by atoms with Gasteiger partial charge in [0, 0.05) is 12.6 Å². The highest BCUT2D eigenvalue weighted by atomic mass is 32.2. The van der Waals surface area contributed by atoms with E-state index in [4.69, 9.17) is 9.84 Å². The maximum Gasteiger partial charge on any atom is 0.221 e. The van der Waals surface area contributed by atoms with Crippen LogP contribution in [0.4, 0.5) is 5.69 Å². The van der Waals surface area contributed by atoms with Gasteiger partial charge in [-0.2, -0.15) is 0 Å². The zero-order valence-electron chi connectivity index (χ0n) is 12.5. The van der Waals surface area contributed by atoms with Crippen LogP contribution in [0.15, 0.2) is 53.4 Å². The summed E-state index contributed by atoms with van der Waals surface area (Å²) in [6, 6.07) is 12.8. The van der Waals surface area contributed by atoms with Crippen LogP contribution in [-0.4, -0.2) is 31.8 Å². The van der Waals surface area contributed by atoms with E-state index in [1.54, 1.807) is 36.4 Å². The van der Waals surface area contributed by atoms with Crippen molar-refractivity contribution < 1.29 is 23.1 Å². The fourth-order valence-corrected chi connectivity index (χ4v) is 2.93. The van der Waals surface area contributed by atoms with Crippen molar-refractivity contribution in [2.45, 2.75) is 11.8 Å². The molecule has 0 aromatic heterocycles. The Balaban J connectivity index is 2.07. The molecule has 0 aliphatic carbocycles. The van der Waals surface area contributed by atoms with E-state index in [0.717, 1.165) is 0 Å². The lowest BCUT2D eigenvalue weighted by molar-refractivity contribution is -0.114. The lowest BCUT2D eigenvalue weighted by Gasteiger charge is -2.08. The zero-order chi connectivity index (χ0) is 16.9. The van der Waals surface area contributed by atoms with Crippen LogP contribution in [0, 0.1) is 0 Å². The number of ether oxygens (including phenoxy) is 1. The van der Waals surface area contributed by atoms with E-state index in [9.17, 15) is 13.2 Å². The molecular formula is C16H17NO5S. The van der Waals surface area contributed by atoms with Gasteiger partial charge in [-0.05, 0) is 48.5 Å². The third-order valence-corrected chi connectivity index (χ3v) is 4.66. The quantitative estimate of drug-likeness (QED) is 0.844. The van der Waals surface area contributed by atoms with Gasteiger partial charge < -0.3 is 15.2 Å². The second-order valence-electron chi connectivity index (χ2n) is 4.82. The Morgan fingerprint density at radius 3 is 2.04 bits per heavy atom. The topological polar surface area (TPSA) is 92.7 Å². The van der Waals surface area contributed by atoms with E-state index < -0.39 is 16.4 Å². The molecule has 6 nitrogen and oxygen atoms in total. The average molecular weight is 335 g/mol. The molecule has 0 saturated heterocycles. The summed E-state index contributed by atoms with van der Waals surface area (Å²) in [6.07, 6.45) is 0. The Bertz CT molecular complexity index is 767. The van der Waals surface area contributed by atoms with Crippen molar-refractivity contribution >= 4 is 21.4 Å². The maximum absolute atomic E-state index is 11.8. The van der Waals surface area contributed by atoms with E-state index in [2.05, 4.69) is 5.32 Å². The van der Waals surface area contributed by atoms with Crippen LogP contribution in [0.3, 0.4) is 0 Å². The van der Waals surface area contributed by atoms with Gasteiger partial charge in [0.25, 0.3) is 0 Å². The summed E-state index contributed by atoms with van der Waals surface area (Å²) in [7, 11) is -3.46. The molecule has 0 saturated carbocycles. The molecular weight excluding hydrogens is 318 g/mol. The number of sulfone groups is 1. The van der Waals surface area contributed by atoms with Crippen molar-refractivity contribution in [1.29, 1.82) is 0 Å². The fraction of sp³-hybridized carbons (Fsp3) is 0.188. The van der Waals surface area contributed by atoms with Crippen molar-refractivity contribution in [3.63, 3.8) is 0 Å². The Kier molecular flexibility index (Phi) is 5.36. The highest BCUT2D eigenvalue weighted by Gasteiger charge is 2.13. The molecule has 23 heavy (non-hydrogen) atoms. The lowest BCUT2D eigenvalue weighted by Crippen LogP contribution is -2.09. The summed E-state index contributed by atoms with van der Waals surface area (Å²) in [5.74, 6) is 0.585. The van der Waals surface area contributed by atoms with Crippen molar-refractivity contribution in [3.8, 4) is 11.5 Å². The first-order valence-corrected chi connectivity index (χ1v) is 8.55. The Hall–Kier alpha value is -2.38. The number of carbonyl (C=O) groups excluding carboxylic acids is 1. The van der Waals surface area contributed by atoms with Crippen LogP contribution in [0.2, 0.25) is 0 Å². The van der Waals surface area contributed by atoms with Crippen molar-refractivity contribution in [2.75, 3.05) is 17.7 Å². The standard InChI is InChI=1S/C16H17NO5S/c1-12(19)17-13-2-4-14(5-3-13)22-15-6-8-16(9-7-15)23(20,21)11-10-18/h2-9,18H,10-11H2,1H3,(H,17,19).